The van der Waals surface area contributed by atoms with Gasteiger partial charge < -0.3 is 20.5 Å². The van der Waals surface area contributed by atoms with E-state index in [9.17, 15) is 18.3 Å². The Morgan fingerprint density at radius 1 is 1.38 bits per heavy atom. The van der Waals surface area contributed by atoms with Gasteiger partial charge in [-0.15, -0.1) is 0 Å². The SMILES string of the molecule is O=C(NCC1(CO)CCc2ccccc21)[C@]12CNC[C@H]1S(=O)(=O)CCO2. The van der Waals surface area contributed by atoms with Gasteiger partial charge in [-0.3, -0.25) is 4.79 Å². The zero-order chi connectivity index (χ0) is 18.4. The highest BCUT2D eigenvalue weighted by Crippen LogP contribution is 2.38. The van der Waals surface area contributed by atoms with Crippen LogP contribution >= 0.6 is 0 Å². The molecule has 0 bridgehead atoms. The van der Waals surface area contributed by atoms with Gasteiger partial charge in [0.1, 0.15) is 5.25 Å². The van der Waals surface area contributed by atoms with Crippen LogP contribution in [0.15, 0.2) is 24.3 Å². The molecule has 26 heavy (non-hydrogen) atoms. The summed E-state index contributed by atoms with van der Waals surface area (Å²) in [5.41, 5.74) is 0.341. The predicted molar refractivity (Wildman–Crippen MR) is 95.7 cm³/mol. The molecule has 8 heteroatoms. The number of nitrogens with one attached hydrogen (secondary N) is 2. The molecule has 1 aromatic rings. The molecular weight excluding hydrogens is 356 g/mol. The van der Waals surface area contributed by atoms with Crippen LogP contribution in [0.4, 0.5) is 0 Å². The number of benzene rings is 1. The van der Waals surface area contributed by atoms with Crippen LogP contribution in [0, 0.1) is 0 Å². The van der Waals surface area contributed by atoms with E-state index in [2.05, 4.69) is 10.6 Å². The predicted octanol–water partition coefficient (Wildman–Crippen LogP) is -0.865. The van der Waals surface area contributed by atoms with E-state index in [0.29, 0.717) is 0 Å². The fourth-order valence-electron chi connectivity index (χ4n) is 4.57. The minimum Gasteiger partial charge on any atom is -0.395 e. The molecule has 2 heterocycles. The fourth-order valence-corrected chi connectivity index (χ4v) is 6.38. The second-order valence-electron chi connectivity index (χ2n) is 7.50. The Morgan fingerprint density at radius 3 is 3.00 bits per heavy atom. The van der Waals surface area contributed by atoms with Gasteiger partial charge >= 0.3 is 0 Å². The highest BCUT2D eigenvalue weighted by molar-refractivity contribution is 7.92. The maximum absolute atomic E-state index is 13.0. The number of aliphatic hydroxyl groups is 1. The number of hydrogen-bond donors (Lipinski definition) is 3. The molecule has 2 aliphatic heterocycles. The van der Waals surface area contributed by atoms with Crippen molar-refractivity contribution in [2.75, 3.05) is 38.6 Å². The van der Waals surface area contributed by atoms with Crippen molar-refractivity contribution in [2.24, 2.45) is 0 Å². The molecule has 0 spiro atoms. The van der Waals surface area contributed by atoms with Gasteiger partial charge in [-0.2, -0.15) is 0 Å². The molecule has 7 nitrogen and oxygen atoms in total. The van der Waals surface area contributed by atoms with E-state index in [1.807, 2.05) is 24.3 Å². The maximum Gasteiger partial charge on any atom is 0.255 e. The first-order chi connectivity index (χ1) is 12.4. The minimum atomic E-state index is -3.37. The van der Waals surface area contributed by atoms with E-state index in [1.165, 1.54) is 5.56 Å². The minimum absolute atomic E-state index is 0.0297. The molecule has 2 fully saturated rings. The molecule has 2 saturated heterocycles. The van der Waals surface area contributed by atoms with Crippen molar-refractivity contribution in [1.82, 2.24) is 10.6 Å². The first-order valence-electron chi connectivity index (χ1n) is 8.97. The summed E-state index contributed by atoms with van der Waals surface area (Å²) in [6.07, 6.45) is 1.60. The van der Waals surface area contributed by atoms with Crippen LogP contribution in [0.5, 0.6) is 0 Å². The quantitative estimate of drug-likeness (QED) is 0.628. The van der Waals surface area contributed by atoms with E-state index < -0.39 is 32.0 Å². The van der Waals surface area contributed by atoms with Crippen LogP contribution < -0.4 is 10.6 Å². The van der Waals surface area contributed by atoms with Crippen LogP contribution in [0.3, 0.4) is 0 Å². The van der Waals surface area contributed by atoms with Crippen LogP contribution in [0.1, 0.15) is 17.5 Å². The lowest BCUT2D eigenvalue weighted by molar-refractivity contribution is -0.145. The van der Waals surface area contributed by atoms with Crippen LogP contribution in [0.25, 0.3) is 0 Å². The number of carbonyl (C=O) groups excluding carboxylic acids is 1. The molecular formula is C18H24N2O5S. The van der Waals surface area contributed by atoms with Gasteiger partial charge in [-0.1, -0.05) is 24.3 Å². The summed E-state index contributed by atoms with van der Waals surface area (Å²) in [5, 5.41) is 15.1. The molecule has 1 unspecified atom stereocenters. The van der Waals surface area contributed by atoms with Gasteiger partial charge in [0.2, 0.25) is 0 Å². The molecule has 1 aromatic carbocycles. The lowest BCUT2D eigenvalue weighted by Crippen LogP contribution is -2.63. The number of aryl methyl sites for hydroxylation is 1. The third-order valence-corrected chi connectivity index (χ3v) is 8.28. The summed E-state index contributed by atoms with van der Waals surface area (Å²) in [5.74, 6) is -0.463. The molecule has 3 aliphatic rings. The van der Waals surface area contributed by atoms with Crippen molar-refractivity contribution in [3.63, 3.8) is 0 Å². The second kappa shape index (κ2) is 6.30. The monoisotopic (exact) mass is 380 g/mol. The Hall–Kier alpha value is -1.48. The van der Waals surface area contributed by atoms with Crippen molar-refractivity contribution in [3.8, 4) is 0 Å². The third-order valence-electron chi connectivity index (χ3n) is 6.13. The first kappa shape index (κ1) is 17.9. The molecule has 0 radical (unpaired) electrons. The molecule has 0 aromatic heterocycles. The van der Waals surface area contributed by atoms with Crippen LogP contribution in [-0.2, 0) is 31.2 Å². The lowest BCUT2D eigenvalue weighted by atomic mass is 9.82. The van der Waals surface area contributed by atoms with Crippen molar-refractivity contribution >= 4 is 15.7 Å². The third kappa shape index (κ3) is 2.58. The van der Waals surface area contributed by atoms with E-state index in [4.69, 9.17) is 4.74 Å². The Kier molecular flexibility index (Phi) is 4.34. The Balaban J connectivity index is 1.56. The average molecular weight is 380 g/mol. The highest BCUT2D eigenvalue weighted by Gasteiger charge is 2.58. The van der Waals surface area contributed by atoms with Crippen LogP contribution in [-0.4, -0.2) is 68.9 Å². The average Bonchev–Trinajstić information content (AvgIpc) is 3.24. The summed E-state index contributed by atoms with van der Waals surface area (Å²) < 4.78 is 30.5. The van der Waals surface area contributed by atoms with Gasteiger partial charge in [0.05, 0.1) is 19.0 Å². The highest BCUT2D eigenvalue weighted by atomic mass is 32.2. The van der Waals surface area contributed by atoms with Crippen molar-refractivity contribution in [3.05, 3.63) is 35.4 Å². The Bertz CT molecular complexity index is 827. The van der Waals surface area contributed by atoms with E-state index in [0.717, 1.165) is 18.4 Å². The van der Waals surface area contributed by atoms with Gasteiger partial charge in [0.15, 0.2) is 15.4 Å². The van der Waals surface area contributed by atoms with Crippen LogP contribution in [0.2, 0.25) is 0 Å². The summed E-state index contributed by atoms with van der Waals surface area (Å²) >= 11 is 0. The summed E-state index contributed by atoms with van der Waals surface area (Å²) in [6, 6.07) is 7.94. The summed E-state index contributed by atoms with van der Waals surface area (Å²) in [7, 11) is -3.37. The molecule has 3 atom stereocenters. The number of amides is 1. The van der Waals surface area contributed by atoms with Crippen molar-refractivity contribution < 1.29 is 23.1 Å². The van der Waals surface area contributed by atoms with E-state index in [1.54, 1.807) is 0 Å². The molecule has 142 valence electrons. The topological polar surface area (TPSA) is 105 Å². The molecule has 1 aliphatic carbocycles. The number of fused-ring (bicyclic) bond motifs is 2. The van der Waals surface area contributed by atoms with Crippen molar-refractivity contribution in [1.29, 1.82) is 0 Å². The number of rotatable bonds is 4. The van der Waals surface area contributed by atoms with Gasteiger partial charge in [-0.25, -0.2) is 8.42 Å². The second-order valence-corrected chi connectivity index (χ2v) is 9.81. The van der Waals surface area contributed by atoms with Gasteiger partial charge in [-0.05, 0) is 24.0 Å². The number of hydrogen-bond acceptors (Lipinski definition) is 6. The van der Waals surface area contributed by atoms with E-state index in [-0.39, 0.29) is 38.6 Å². The van der Waals surface area contributed by atoms with E-state index >= 15 is 0 Å². The number of carbonyl (C=O) groups is 1. The van der Waals surface area contributed by atoms with Crippen molar-refractivity contribution in [2.45, 2.75) is 29.1 Å². The molecule has 4 rings (SSSR count). The maximum atomic E-state index is 13.0. The zero-order valence-corrected chi connectivity index (χ0v) is 15.3. The largest absolute Gasteiger partial charge is 0.395 e. The summed E-state index contributed by atoms with van der Waals surface area (Å²) in [6.45, 7) is 0.631. The fraction of sp³-hybridized carbons (Fsp3) is 0.611. The molecule has 1 amide bonds. The zero-order valence-electron chi connectivity index (χ0n) is 14.5. The number of sulfone groups is 1. The molecule has 3 N–H and O–H groups in total. The Labute approximate surface area is 153 Å². The number of aliphatic hydroxyl groups excluding tert-OH is 1. The van der Waals surface area contributed by atoms with Gasteiger partial charge in [0, 0.05) is 25.0 Å². The van der Waals surface area contributed by atoms with Gasteiger partial charge in [0.25, 0.3) is 5.91 Å². The molecule has 0 saturated carbocycles. The normalized spacial score (nSPS) is 34.9. The summed E-state index contributed by atoms with van der Waals surface area (Å²) in [4.78, 5) is 13.0. The first-order valence-corrected chi connectivity index (χ1v) is 10.7. The standard InChI is InChI=1S/C18H24N2O5S/c21-12-17(6-5-13-3-1-2-4-14(13)17)10-20-16(22)18-11-19-9-15(18)26(23,24)8-7-25-18/h1-4,15,19,21H,5-12H2,(H,20,22)/t15-,17?,18+/m1/s1. The number of ether oxygens (including phenoxy) is 1. The smallest absolute Gasteiger partial charge is 0.255 e. The lowest BCUT2D eigenvalue weighted by Gasteiger charge is -2.38. The Morgan fingerprint density at radius 2 is 2.19 bits per heavy atom.